The summed E-state index contributed by atoms with van der Waals surface area (Å²) in [5, 5.41) is 13.7. The van der Waals surface area contributed by atoms with Gasteiger partial charge in [0, 0.05) is 18.8 Å². The van der Waals surface area contributed by atoms with Crippen molar-refractivity contribution in [3.05, 3.63) is 46.8 Å². The van der Waals surface area contributed by atoms with Gasteiger partial charge in [-0.3, -0.25) is 9.59 Å². The number of aryl methyl sites for hydroxylation is 3. The second-order valence-corrected chi connectivity index (χ2v) is 7.06. The Hall–Kier alpha value is -2.63. The second-order valence-electron chi connectivity index (χ2n) is 7.06. The van der Waals surface area contributed by atoms with Crippen molar-refractivity contribution in [1.82, 2.24) is 14.7 Å². The smallest absolute Gasteiger partial charge is 0.308 e. The number of carbonyl (C=O) groups is 2. The van der Waals surface area contributed by atoms with Crippen molar-refractivity contribution < 1.29 is 14.7 Å². The Bertz CT molecular complexity index is 820. The minimum atomic E-state index is -0.847. The summed E-state index contributed by atoms with van der Waals surface area (Å²) < 4.78 is 1.77. The summed E-state index contributed by atoms with van der Waals surface area (Å²) in [6, 6.07) is 7.91. The first-order valence-electron chi connectivity index (χ1n) is 8.43. The molecule has 0 bridgehead atoms. The van der Waals surface area contributed by atoms with Gasteiger partial charge in [-0.25, -0.2) is 4.68 Å². The molecule has 3 rings (SSSR count). The molecule has 0 unspecified atom stereocenters. The number of likely N-dealkylation sites (tertiary alicyclic amines) is 1. The van der Waals surface area contributed by atoms with E-state index in [4.69, 9.17) is 0 Å². The molecule has 0 spiro atoms. The normalized spacial score (nSPS) is 20.1. The molecule has 2 heterocycles. The molecule has 1 aliphatic heterocycles. The number of rotatable bonds is 3. The summed E-state index contributed by atoms with van der Waals surface area (Å²) in [6.45, 7) is 8.52. The Morgan fingerprint density at radius 3 is 2.28 bits per heavy atom. The van der Waals surface area contributed by atoms with E-state index in [-0.39, 0.29) is 18.4 Å². The average Bonchev–Trinajstić information content (AvgIpc) is 3.09. The van der Waals surface area contributed by atoms with Crippen molar-refractivity contribution in [2.75, 3.05) is 13.1 Å². The van der Waals surface area contributed by atoms with Crippen molar-refractivity contribution >= 4 is 11.9 Å². The van der Waals surface area contributed by atoms with Crippen LogP contribution < -0.4 is 0 Å². The van der Waals surface area contributed by atoms with Gasteiger partial charge in [0.25, 0.3) is 5.91 Å². The number of carboxylic acids is 1. The minimum absolute atomic E-state index is 0.0518. The molecule has 1 aromatic carbocycles. The van der Waals surface area contributed by atoms with Crippen LogP contribution in [0.2, 0.25) is 0 Å². The van der Waals surface area contributed by atoms with Crippen LogP contribution >= 0.6 is 0 Å². The van der Waals surface area contributed by atoms with E-state index < -0.39 is 11.9 Å². The molecule has 1 aliphatic rings. The Labute approximate surface area is 147 Å². The minimum Gasteiger partial charge on any atom is -0.481 e. The van der Waals surface area contributed by atoms with Gasteiger partial charge in [-0.1, -0.05) is 13.0 Å². The maximum Gasteiger partial charge on any atom is 0.308 e. The molecular formula is C19H23N3O3. The van der Waals surface area contributed by atoms with Crippen molar-refractivity contribution in [1.29, 1.82) is 0 Å². The molecule has 2 aromatic rings. The molecule has 0 saturated carbocycles. The van der Waals surface area contributed by atoms with Gasteiger partial charge in [-0.2, -0.15) is 5.10 Å². The monoisotopic (exact) mass is 341 g/mol. The van der Waals surface area contributed by atoms with Crippen LogP contribution in [0.25, 0.3) is 5.69 Å². The quantitative estimate of drug-likeness (QED) is 0.931. The highest BCUT2D eigenvalue weighted by Crippen LogP contribution is 2.25. The lowest BCUT2D eigenvalue weighted by molar-refractivity contribution is -0.142. The van der Waals surface area contributed by atoms with Crippen LogP contribution in [-0.2, 0) is 4.79 Å². The molecule has 132 valence electrons. The van der Waals surface area contributed by atoms with Crippen LogP contribution in [0.4, 0.5) is 0 Å². The number of nitrogens with zero attached hydrogens (tertiary/aromatic N) is 3. The van der Waals surface area contributed by atoms with E-state index in [0.717, 1.165) is 22.5 Å². The maximum atomic E-state index is 12.7. The van der Waals surface area contributed by atoms with Crippen LogP contribution in [0.1, 0.15) is 34.2 Å². The largest absolute Gasteiger partial charge is 0.481 e. The molecule has 25 heavy (non-hydrogen) atoms. The van der Waals surface area contributed by atoms with Gasteiger partial charge in [-0.15, -0.1) is 0 Å². The lowest BCUT2D eigenvalue weighted by Gasteiger charge is -2.14. The number of aliphatic carboxylic acids is 1. The van der Waals surface area contributed by atoms with E-state index in [0.29, 0.717) is 12.2 Å². The number of carbonyl (C=O) groups excluding carboxylic acids is 1. The number of carboxylic acid groups (broad SMARTS) is 1. The zero-order chi connectivity index (χ0) is 18.3. The summed E-state index contributed by atoms with van der Waals surface area (Å²) >= 11 is 0. The number of amides is 1. The van der Waals surface area contributed by atoms with Crippen LogP contribution in [-0.4, -0.2) is 44.8 Å². The van der Waals surface area contributed by atoms with Gasteiger partial charge >= 0.3 is 5.97 Å². The third kappa shape index (κ3) is 3.29. The molecule has 2 atom stereocenters. The maximum absolute atomic E-state index is 12.7. The van der Waals surface area contributed by atoms with E-state index >= 15 is 0 Å². The topological polar surface area (TPSA) is 75.4 Å². The molecule has 6 heteroatoms. The predicted molar refractivity (Wildman–Crippen MR) is 94.0 cm³/mol. The second kappa shape index (κ2) is 6.35. The third-order valence-electron chi connectivity index (χ3n) is 4.77. The van der Waals surface area contributed by atoms with Gasteiger partial charge in [0.1, 0.15) is 0 Å². The van der Waals surface area contributed by atoms with E-state index in [2.05, 4.69) is 11.2 Å². The van der Waals surface area contributed by atoms with Crippen LogP contribution in [0, 0.1) is 32.6 Å². The molecule has 1 aromatic heterocycles. The summed E-state index contributed by atoms with van der Waals surface area (Å²) in [6.07, 6.45) is 0. The molecule has 1 amide bonds. The van der Waals surface area contributed by atoms with Crippen LogP contribution in [0.3, 0.4) is 0 Å². The fraction of sp³-hybridized carbons (Fsp3) is 0.421. The summed E-state index contributed by atoms with van der Waals surface area (Å²) in [7, 11) is 0. The molecule has 1 saturated heterocycles. The lowest BCUT2D eigenvalue weighted by atomic mass is 9.99. The first kappa shape index (κ1) is 17.2. The number of aromatic nitrogens is 2. The lowest BCUT2D eigenvalue weighted by Crippen LogP contribution is -2.30. The summed E-state index contributed by atoms with van der Waals surface area (Å²) in [4.78, 5) is 25.6. The van der Waals surface area contributed by atoms with Crippen LogP contribution in [0.5, 0.6) is 0 Å². The highest BCUT2D eigenvalue weighted by atomic mass is 16.4. The van der Waals surface area contributed by atoms with Crippen LogP contribution in [0.15, 0.2) is 24.3 Å². The van der Waals surface area contributed by atoms with Gasteiger partial charge in [0.2, 0.25) is 0 Å². The fourth-order valence-electron chi connectivity index (χ4n) is 3.53. The Morgan fingerprint density at radius 1 is 1.08 bits per heavy atom. The fourth-order valence-corrected chi connectivity index (χ4v) is 3.53. The van der Waals surface area contributed by atoms with Gasteiger partial charge in [0.15, 0.2) is 5.69 Å². The Kier molecular flexibility index (Phi) is 4.37. The van der Waals surface area contributed by atoms with E-state index in [1.54, 1.807) is 15.6 Å². The first-order chi connectivity index (χ1) is 11.8. The average molecular weight is 341 g/mol. The van der Waals surface area contributed by atoms with Crippen molar-refractivity contribution in [2.24, 2.45) is 11.8 Å². The van der Waals surface area contributed by atoms with E-state index in [1.165, 1.54) is 0 Å². The molecule has 0 aliphatic carbocycles. The summed E-state index contributed by atoms with van der Waals surface area (Å²) in [5.41, 5.74) is 4.42. The van der Waals surface area contributed by atoms with E-state index in [1.807, 2.05) is 39.8 Å². The zero-order valence-electron chi connectivity index (χ0n) is 15.0. The molecule has 1 N–H and O–H groups in total. The number of hydrogen-bond acceptors (Lipinski definition) is 3. The first-order valence-corrected chi connectivity index (χ1v) is 8.43. The van der Waals surface area contributed by atoms with Gasteiger partial charge in [-0.05, 0) is 56.0 Å². The number of hydrogen-bond donors (Lipinski definition) is 1. The SMILES string of the molecule is Cc1cc(C)cc(-n2nc(C(=O)N3C[C@@H](C)[C@H](C(=O)O)C3)cc2C)c1. The van der Waals surface area contributed by atoms with Crippen molar-refractivity contribution in [2.45, 2.75) is 27.7 Å². The predicted octanol–water partition coefficient (Wildman–Crippen LogP) is 2.59. The third-order valence-corrected chi connectivity index (χ3v) is 4.77. The molecular weight excluding hydrogens is 318 g/mol. The van der Waals surface area contributed by atoms with Gasteiger partial charge < -0.3 is 10.0 Å². The standard InChI is InChI=1S/C19H23N3O3/c1-11-5-12(2)7-15(6-11)22-14(4)8-17(20-22)18(23)21-9-13(3)16(10-21)19(24)25/h5-8,13,16H,9-10H2,1-4H3,(H,24,25)/t13-,16-/m1/s1. The Morgan fingerprint density at radius 2 is 1.72 bits per heavy atom. The van der Waals surface area contributed by atoms with Crippen molar-refractivity contribution in [3.8, 4) is 5.69 Å². The zero-order valence-corrected chi connectivity index (χ0v) is 15.0. The van der Waals surface area contributed by atoms with Crippen molar-refractivity contribution in [3.63, 3.8) is 0 Å². The summed E-state index contributed by atoms with van der Waals surface area (Å²) in [5.74, 6) is -1.61. The van der Waals surface area contributed by atoms with E-state index in [9.17, 15) is 14.7 Å². The Balaban J connectivity index is 1.87. The molecule has 0 radical (unpaired) electrons. The molecule has 6 nitrogen and oxygen atoms in total. The molecule has 1 fully saturated rings. The number of benzene rings is 1. The highest BCUT2D eigenvalue weighted by molar-refractivity contribution is 5.93. The highest BCUT2D eigenvalue weighted by Gasteiger charge is 2.37. The van der Waals surface area contributed by atoms with Gasteiger partial charge in [0.05, 0.1) is 11.6 Å².